The molecular weight excluding hydrogens is 698 g/mol. The SMILES string of the molecule is CCCc1cc(Cl)ccc1C1COc2ccc3cc2N(C1)CC1CCC1COc1nc(ccc1OCCN1CCN(CCOC)CC1)CC(=O)NS3. The Hall–Kier alpha value is -3.22. The van der Waals surface area contributed by atoms with Gasteiger partial charge in [-0.3, -0.25) is 19.3 Å². The van der Waals surface area contributed by atoms with Crippen LogP contribution in [0.3, 0.4) is 0 Å². The van der Waals surface area contributed by atoms with Crippen LogP contribution in [0.4, 0.5) is 5.69 Å². The minimum Gasteiger partial charge on any atom is -0.491 e. The number of amides is 1. The number of aryl methyl sites for hydroxylation is 1. The number of piperazine rings is 1. The summed E-state index contributed by atoms with van der Waals surface area (Å²) < 4.78 is 27.6. The van der Waals surface area contributed by atoms with E-state index in [2.05, 4.69) is 44.5 Å². The average molecular weight is 750 g/mol. The number of benzene rings is 2. The van der Waals surface area contributed by atoms with Gasteiger partial charge in [0.25, 0.3) is 5.88 Å². The molecule has 2 fully saturated rings. The second-order valence-electron chi connectivity index (χ2n) is 14.5. The van der Waals surface area contributed by atoms with E-state index < -0.39 is 0 Å². The van der Waals surface area contributed by atoms with Crippen molar-refractivity contribution >= 4 is 35.1 Å². The van der Waals surface area contributed by atoms with Crippen molar-refractivity contribution in [3.05, 3.63) is 70.4 Å². The van der Waals surface area contributed by atoms with Crippen molar-refractivity contribution in [1.29, 1.82) is 0 Å². The van der Waals surface area contributed by atoms with Crippen LogP contribution in [-0.4, -0.2) is 107 Å². The van der Waals surface area contributed by atoms with Crippen molar-refractivity contribution in [1.82, 2.24) is 19.5 Å². The van der Waals surface area contributed by atoms with E-state index in [1.807, 2.05) is 30.3 Å². The third kappa shape index (κ3) is 9.28. The van der Waals surface area contributed by atoms with Gasteiger partial charge in [0.2, 0.25) is 5.91 Å². The highest BCUT2D eigenvalue weighted by molar-refractivity contribution is 7.98. The summed E-state index contributed by atoms with van der Waals surface area (Å²) >= 11 is 7.80. The maximum atomic E-state index is 13.2. The van der Waals surface area contributed by atoms with Crippen molar-refractivity contribution in [3.8, 4) is 17.4 Å². The third-order valence-corrected chi connectivity index (χ3v) is 12.0. The van der Waals surface area contributed by atoms with Crippen LogP contribution in [0.15, 0.2) is 53.4 Å². The molecule has 280 valence electrons. The van der Waals surface area contributed by atoms with E-state index in [4.69, 9.17) is 35.5 Å². The maximum absolute atomic E-state index is 13.2. The minimum absolute atomic E-state index is 0.123. The maximum Gasteiger partial charge on any atom is 0.257 e. The van der Waals surface area contributed by atoms with Crippen molar-refractivity contribution in [3.63, 3.8) is 0 Å². The Morgan fingerprint density at radius 1 is 0.942 bits per heavy atom. The number of carbonyl (C=O) groups excluding carboxylic acids is 1. The summed E-state index contributed by atoms with van der Waals surface area (Å²) in [5, 5.41) is 0.775. The van der Waals surface area contributed by atoms with E-state index in [0.717, 1.165) is 106 Å². The predicted octanol–water partition coefficient (Wildman–Crippen LogP) is 6.10. The lowest BCUT2D eigenvalue weighted by atomic mass is 9.73. The van der Waals surface area contributed by atoms with Crippen LogP contribution >= 0.6 is 23.5 Å². The molecule has 12 heteroatoms. The molecule has 3 aliphatic heterocycles. The fraction of sp³-hybridized carbons (Fsp3) is 0.550. The van der Waals surface area contributed by atoms with Gasteiger partial charge in [-0.2, -0.15) is 0 Å². The molecule has 52 heavy (non-hydrogen) atoms. The molecule has 0 spiro atoms. The molecule has 1 aromatic heterocycles. The van der Waals surface area contributed by atoms with Crippen LogP contribution in [-0.2, 0) is 22.4 Å². The number of carbonyl (C=O) groups is 1. The number of hydrogen-bond donors (Lipinski definition) is 1. The molecule has 3 aromatic rings. The van der Waals surface area contributed by atoms with E-state index in [0.29, 0.717) is 49.0 Å². The largest absolute Gasteiger partial charge is 0.491 e. The highest BCUT2D eigenvalue weighted by atomic mass is 35.5. The molecule has 4 bridgehead atoms. The molecule has 3 unspecified atom stereocenters. The summed E-state index contributed by atoms with van der Waals surface area (Å²) in [6.07, 6.45) is 4.43. The number of anilines is 1. The van der Waals surface area contributed by atoms with Crippen LogP contribution in [0.25, 0.3) is 0 Å². The number of methoxy groups -OCH3 is 1. The fourth-order valence-electron chi connectivity index (χ4n) is 7.76. The number of ether oxygens (including phenoxy) is 4. The Bertz CT molecular complexity index is 1670. The number of hydrogen-bond acceptors (Lipinski definition) is 10. The molecule has 4 heterocycles. The van der Waals surface area contributed by atoms with Gasteiger partial charge in [-0.05, 0) is 96.6 Å². The van der Waals surface area contributed by atoms with Crippen LogP contribution < -0.4 is 23.8 Å². The lowest BCUT2D eigenvalue weighted by Crippen LogP contribution is -2.48. The number of aromatic nitrogens is 1. The number of rotatable bonds is 10. The highest BCUT2D eigenvalue weighted by Crippen LogP contribution is 2.42. The first-order valence-corrected chi connectivity index (χ1v) is 20.1. The molecule has 1 N–H and O–H groups in total. The number of halogens is 1. The van der Waals surface area contributed by atoms with Gasteiger partial charge >= 0.3 is 0 Å². The monoisotopic (exact) mass is 749 g/mol. The third-order valence-electron chi connectivity index (χ3n) is 10.9. The van der Waals surface area contributed by atoms with Crippen LogP contribution in [0.2, 0.25) is 5.02 Å². The summed E-state index contributed by atoms with van der Waals surface area (Å²) in [5.41, 5.74) is 4.34. The number of pyridine rings is 1. The zero-order valence-electron chi connectivity index (χ0n) is 30.5. The zero-order chi connectivity index (χ0) is 35.9. The van der Waals surface area contributed by atoms with Gasteiger partial charge in [-0.15, -0.1) is 0 Å². The number of nitrogens with one attached hydrogen (secondary N) is 1. The first kappa shape index (κ1) is 37.1. The van der Waals surface area contributed by atoms with Crippen molar-refractivity contribution < 1.29 is 23.7 Å². The number of fused-ring (bicyclic) bond motifs is 4. The second kappa shape index (κ2) is 17.7. The Kier molecular flexibility index (Phi) is 12.7. The predicted molar refractivity (Wildman–Crippen MR) is 206 cm³/mol. The lowest BCUT2D eigenvalue weighted by molar-refractivity contribution is -0.118. The first-order valence-electron chi connectivity index (χ1n) is 18.9. The van der Waals surface area contributed by atoms with Gasteiger partial charge in [0.15, 0.2) is 5.75 Å². The number of nitrogens with zero attached hydrogens (tertiary/aromatic N) is 4. The molecular formula is C40H52ClN5O5S. The van der Waals surface area contributed by atoms with Gasteiger partial charge in [0.1, 0.15) is 12.4 Å². The Morgan fingerprint density at radius 3 is 2.52 bits per heavy atom. The average Bonchev–Trinajstić information content (AvgIpc) is 3.32. The van der Waals surface area contributed by atoms with Gasteiger partial charge in [-0.25, -0.2) is 4.98 Å². The fourth-order valence-corrected chi connectivity index (χ4v) is 8.56. The molecule has 7 rings (SSSR count). The second-order valence-corrected chi connectivity index (χ2v) is 15.8. The van der Waals surface area contributed by atoms with Gasteiger partial charge < -0.3 is 23.8 Å². The standard InChI is InChI=1S/C40H52ClN5O5S/c1-3-4-28-21-32(41)7-10-35(28)31-25-46-24-29-5-6-30(29)26-51-40-38(49-20-18-45-15-13-44(14-16-45)17-19-48-2)11-8-33(42-40)22-39(47)43-52-34-9-12-37(50-27-31)36(46)23-34/h7-12,21,23,29-31H,3-6,13-20,22,24-27H2,1-2H3,(H,43,47). The minimum atomic E-state index is -0.123. The first-order chi connectivity index (χ1) is 25.4. The molecule has 10 nitrogen and oxygen atoms in total. The topological polar surface area (TPSA) is 88.6 Å². The van der Waals surface area contributed by atoms with E-state index in [1.54, 1.807) is 7.11 Å². The van der Waals surface area contributed by atoms with Crippen molar-refractivity contribution in [2.75, 3.05) is 90.8 Å². The van der Waals surface area contributed by atoms with Gasteiger partial charge in [0.05, 0.1) is 37.6 Å². The lowest BCUT2D eigenvalue weighted by Gasteiger charge is -2.41. The van der Waals surface area contributed by atoms with E-state index in [-0.39, 0.29) is 18.2 Å². The molecule has 3 atom stereocenters. The van der Waals surface area contributed by atoms with E-state index >= 15 is 0 Å². The summed E-state index contributed by atoms with van der Waals surface area (Å²) in [6, 6.07) is 16.3. The quantitative estimate of drug-likeness (QED) is 0.246. The molecule has 2 aromatic carbocycles. The van der Waals surface area contributed by atoms with E-state index in [9.17, 15) is 4.79 Å². The van der Waals surface area contributed by atoms with Crippen LogP contribution in [0.1, 0.15) is 48.9 Å². The summed E-state index contributed by atoms with van der Waals surface area (Å²) in [7, 11) is 1.75. The molecule has 4 aliphatic rings. The van der Waals surface area contributed by atoms with Crippen molar-refractivity contribution in [2.45, 2.75) is 49.8 Å². The van der Waals surface area contributed by atoms with E-state index in [1.165, 1.54) is 23.1 Å². The molecule has 1 saturated heterocycles. The summed E-state index contributed by atoms with van der Waals surface area (Å²) in [5.74, 6) is 2.90. The molecule has 1 saturated carbocycles. The Balaban J connectivity index is 1.07. The smallest absolute Gasteiger partial charge is 0.257 e. The van der Waals surface area contributed by atoms with Gasteiger partial charge in [0, 0.05) is 75.3 Å². The Morgan fingerprint density at radius 2 is 1.75 bits per heavy atom. The normalized spacial score (nSPS) is 22.6. The zero-order valence-corrected chi connectivity index (χ0v) is 32.1. The molecule has 0 radical (unpaired) electrons. The summed E-state index contributed by atoms with van der Waals surface area (Å²) in [4.78, 5) is 26.3. The summed E-state index contributed by atoms with van der Waals surface area (Å²) in [6.45, 7) is 12.3. The van der Waals surface area contributed by atoms with Gasteiger partial charge in [-0.1, -0.05) is 31.0 Å². The van der Waals surface area contributed by atoms with Crippen LogP contribution in [0.5, 0.6) is 17.4 Å². The Labute approximate surface area is 317 Å². The van der Waals surface area contributed by atoms with Crippen molar-refractivity contribution in [2.24, 2.45) is 11.8 Å². The van der Waals surface area contributed by atoms with Crippen LogP contribution in [0, 0.1) is 11.8 Å². The molecule has 1 aliphatic carbocycles. The molecule has 1 amide bonds. The highest BCUT2D eigenvalue weighted by Gasteiger charge is 2.36.